The molecule has 1 aliphatic rings. The summed E-state index contributed by atoms with van der Waals surface area (Å²) < 4.78 is 12.8. The molecule has 1 aromatic heterocycles. The van der Waals surface area contributed by atoms with Gasteiger partial charge in [-0.15, -0.1) is 0 Å². The normalized spacial score (nSPS) is 13.2. The summed E-state index contributed by atoms with van der Waals surface area (Å²) in [6.07, 6.45) is 2.75. The first-order valence-electron chi connectivity index (χ1n) is 8.75. The molecule has 1 aliphatic heterocycles. The summed E-state index contributed by atoms with van der Waals surface area (Å²) >= 11 is 6.08. The first-order valence-corrected chi connectivity index (χ1v) is 9.13. The van der Waals surface area contributed by atoms with E-state index in [1.165, 1.54) is 5.56 Å². The maximum absolute atomic E-state index is 6.08. The van der Waals surface area contributed by atoms with Crippen molar-refractivity contribution in [3.05, 3.63) is 46.7 Å². The molecule has 0 saturated heterocycles. The van der Waals surface area contributed by atoms with E-state index in [4.69, 9.17) is 26.1 Å². The fourth-order valence-corrected chi connectivity index (χ4v) is 3.17. The van der Waals surface area contributed by atoms with Crippen molar-refractivity contribution in [1.29, 1.82) is 0 Å². The molecule has 1 N–H and O–H groups in total. The van der Waals surface area contributed by atoms with Crippen LogP contribution in [-0.4, -0.2) is 42.4 Å². The Balaban J connectivity index is 1.62. The number of aryl methyl sites for hydroxylation is 1. The lowest BCUT2D eigenvalue weighted by molar-refractivity contribution is 0.174. The minimum absolute atomic E-state index is 0.301. The summed E-state index contributed by atoms with van der Waals surface area (Å²) in [4.78, 5) is 6.86. The van der Waals surface area contributed by atoms with Crippen LogP contribution in [0.3, 0.4) is 0 Å². The van der Waals surface area contributed by atoms with Crippen LogP contribution < -0.4 is 14.8 Å². The molecule has 2 heterocycles. The van der Waals surface area contributed by atoms with Crippen molar-refractivity contribution < 1.29 is 9.47 Å². The number of hydrogen-bond donors (Lipinski definition) is 1. The van der Waals surface area contributed by atoms with Crippen molar-refractivity contribution in [3.8, 4) is 11.5 Å². The average molecular weight is 377 g/mol. The molecule has 0 spiro atoms. The number of fused-ring (bicyclic) bond motifs is 1. The number of rotatable bonds is 6. The van der Waals surface area contributed by atoms with E-state index in [9.17, 15) is 0 Å². The molecule has 1 aromatic carbocycles. The van der Waals surface area contributed by atoms with Gasteiger partial charge in [0, 0.05) is 39.1 Å². The number of halogens is 1. The second-order valence-corrected chi connectivity index (χ2v) is 6.73. The Morgan fingerprint density at radius 1 is 1.31 bits per heavy atom. The minimum Gasteiger partial charge on any atom is -0.454 e. The van der Waals surface area contributed by atoms with E-state index in [1.807, 2.05) is 43.1 Å². The lowest BCUT2D eigenvalue weighted by atomic mass is 10.1. The van der Waals surface area contributed by atoms with Crippen LogP contribution in [0.25, 0.3) is 0 Å². The van der Waals surface area contributed by atoms with Gasteiger partial charge in [-0.2, -0.15) is 0 Å². The van der Waals surface area contributed by atoms with Crippen LogP contribution >= 0.6 is 11.6 Å². The molecule has 26 heavy (non-hydrogen) atoms. The van der Waals surface area contributed by atoms with E-state index >= 15 is 0 Å². The molecule has 0 aliphatic carbocycles. The van der Waals surface area contributed by atoms with Crippen LogP contribution in [0.4, 0.5) is 0 Å². The number of ether oxygens (including phenoxy) is 2. The Labute approximate surface area is 159 Å². The van der Waals surface area contributed by atoms with E-state index < -0.39 is 0 Å². The molecule has 2 aromatic rings. The van der Waals surface area contributed by atoms with Crippen LogP contribution in [-0.2, 0) is 20.0 Å². The largest absolute Gasteiger partial charge is 0.454 e. The number of nitrogens with one attached hydrogen (secondary N) is 1. The molecule has 0 unspecified atom stereocenters. The number of guanidine groups is 1. The van der Waals surface area contributed by atoms with E-state index in [1.54, 1.807) is 0 Å². The van der Waals surface area contributed by atoms with Gasteiger partial charge in [0.2, 0.25) is 6.79 Å². The van der Waals surface area contributed by atoms with Crippen molar-refractivity contribution in [2.45, 2.75) is 19.9 Å². The Kier molecular flexibility index (Phi) is 5.93. The second kappa shape index (κ2) is 8.36. The number of hydrogen-bond acceptors (Lipinski definition) is 3. The van der Waals surface area contributed by atoms with Crippen molar-refractivity contribution in [2.24, 2.45) is 12.0 Å². The topological polar surface area (TPSA) is 51.0 Å². The maximum atomic E-state index is 6.08. The predicted molar refractivity (Wildman–Crippen MR) is 104 cm³/mol. The lowest BCUT2D eigenvalue weighted by Crippen LogP contribution is -2.39. The highest BCUT2D eigenvalue weighted by Crippen LogP contribution is 2.32. The summed E-state index contributed by atoms with van der Waals surface area (Å²) in [6.45, 7) is 4.62. The van der Waals surface area contributed by atoms with Gasteiger partial charge in [0.25, 0.3) is 0 Å². The van der Waals surface area contributed by atoms with E-state index in [0.29, 0.717) is 13.3 Å². The molecular formula is C19H25ClN4O2. The van der Waals surface area contributed by atoms with Gasteiger partial charge in [-0.05, 0) is 37.1 Å². The lowest BCUT2D eigenvalue weighted by Gasteiger charge is -2.22. The van der Waals surface area contributed by atoms with Crippen molar-refractivity contribution in [3.63, 3.8) is 0 Å². The summed E-state index contributed by atoms with van der Waals surface area (Å²) in [6, 6.07) is 8.03. The van der Waals surface area contributed by atoms with E-state index in [-0.39, 0.29) is 0 Å². The molecular weight excluding hydrogens is 352 g/mol. The number of aromatic nitrogens is 1. The molecule has 140 valence electrons. The van der Waals surface area contributed by atoms with Gasteiger partial charge in [0.15, 0.2) is 17.5 Å². The molecule has 0 atom stereocenters. The fraction of sp³-hybridized carbons (Fsp3) is 0.421. The Hall–Kier alpha value is -2.34. The first-order chi connectivity index (χ1) is 12.6. The zero-order valence-corrected chi connectivity index (χ0v) is 16.2. The van der Waals surface area contributed by atoms with Crippen LogP contribution in [0, 0.1) is 0 Å². The summed E-state index contributed by atoms with van der Waals surface area (Å²) in [5.41, 5.74) is 2.32. The average Bonchev–Trinajstić information content (AvgIpc) is 3.19. The minimum atomic E-state index is 0.301. The SMILES string of the molecule is CCNC(=NCCc1ccc2c(c1)OCO2)N(C)Cc1cc(Cl)cn1C. The van der Waals surface area contributed by atoms with Crippen molar-refractivity contribution in [2.75, 3.05) is 26.9 Å². The highest BCUT2D eigenvalue weighted by Gasteiger charge is 2.13. The van der Waals surface area contributed by atoms with Crippen LogP contribution in [0.2, 0.25) is 5.02 Å². The Morgan fingerprint density at radius 3 is 2.85 bits per heavy atom. The van der Waals surface area contributed by atoms with Crippen molar-refractivity contribution >= 4 is 17.6 Å². The van der Waals surface area contributed by atoms with Gasteiger partial charge in [-0.25, -0.2) is 0 Å². The van der Waals surface area contributed by atoms with Gasteiger partial charge in [0.05, 0.1) is 11.6 Å². The molecule has 0 fully saturated rings. The van der Waals surface area contributed by atoms with Gasteiger partial charge < -0.3 is 24.3 Å². The molecule has 7 heteroatoms. The monoisotopic (exact) mass is 376 g/mol. The highest BCUT2D eigenvalue weighted by molar-refractivity contribution is 6.30. The maximum Gasteiger partial charge on any atom is 0.231 e. The summed E-state index contributed by atoms with van der Waals surface area (Å²) in [5, 5.41) is 4.10. The van der Waals surface area contributed by atoms with E-state index in [0.717, 1.165) is 47.7 Å². The third-order valence-electron chi connectivity index (χ3n) is 4.27. The molecule has 0 saturated carbocycles. The first kappa shape index (κ1) is 18.5. The van der Waals surface area contributed by atoms with Crippen molar-refractivity contribution in [1.82, 2.24) is 14.8 Å². The molecule has 6 nitrogen and oxygen atoms in total. The second-order valence-electron chi connectivity index (χ2n) is 6.29. The zero-order valence-electron chi connectivity index (χ0n) is 15.5. The molecule has 0 amide bonds. The Bertz CT molecular complexity index is 788. The zero-order chi connectivity index (χ0) is 18.5. The quantitative estimate of drug-likeness (QED) is 0.622. The summed E-state index contributed by atoms with van der Waals surface area (Å²) in [5.74, 6) is 2.51. The predicted octanol–water partition coefficient (Wildman–Crippen LogP) is 3.05. The van der Waals surface area contributed by atoms with Crippen LogP contribution in [0.15, 0.2) is 35.5 Å². The van der Waals surface area contributed by atoms with Gasteiger partial charge in [-0.3, -0.25) is 4.99 Å². The van der Waals surface area contributed by atoms with Crippen LogP contribution in [0.1, 0.15) is 18.2 Å². The van der Waals surface area contributed by atoms with Gasteiger partial charge in [0.1, 0.15) is 0 Å². The molecule has 0 bridgehead atoms. The number of aliphatic imine (C=N–C) groups is 1. The third-order valence-corrected chi connectivity index (χ3v) is 4.48. The highest BCUT2D eigenvalue weighted by atomic mass is 35.5. The van der Waals surface area contributed by atoms with Gasteiger partial charge >= 0.3 is 0 Å². The standard InChI is InChI=1S/C19H25ClN4O2/c1-4-21-19(24(3)12-16-10-15(20)11-23(16)2)22-8-7-14-5-6-17-18(9-14)26-13-25-17/h5-6,9-11H,4,7-8,12-13H2,1-3H3,(H,21,22). The third kappa shape index (κ3) is 4.43. The van der Waals surface area contributed by atoms with E-state index in [2.05, 4.69) is 23.2 Å². The smallest absolute Gasteiger partial charge is 0.231 e. The summed E-state index contributed by atoms with van der Waals surface area (Å²) in [7, 11) is 4.03. The number of benzene rings is 1. The molecule has 3 rings (SSSR count). The fourth-order valence-electron chi connectivity index (χ4n) is 2.90. The molecule has 0 radical (unpaired) electrons. The Morgan fingerprint density at radius 2 is 2.12 bits per heavy atom. The number of nitrogens with zero attached hydrogens (tertiary/aromatic N) is 3. The van der Waals surface area contributed by atoms with Crippen LogP contribution in [0.5, 0.6) is 11.5 Å². The van der Waals surface area contributed by atoms with Gasteiger partial charge in [-0.1, -0.05) is 17.7 Å².